The molecule has 0 aromatic heterocycles. The van der Waals surface area contributed by atoms with Crippen LogP contribution in [-0.4, -0.2) is 49.4 Å². The van der Waals surface area contributed by atoms with Crippen LogP contribution in [-0.2, 0) is 11.2 Å². The van der Waals surface area contributed by atoms with Gasteiger partial charge in [0, 0.05) is 32.3 Å². The van der Waals surface area contributed by atoms with Gasteiger partial charge in [0.05, 0.1) is 6.13 Å². The fourth-order valence-corrected chi connectivity index (χ4v) is 2.91. The summed E-state index contributed by atoms with van der Waals surface area (Å²) < 4.78 is 5.13. The van der Waals surface area contributed by atoms with Crippen LogP contribution >= 0.6 is 0 Å². The number of hydrogen-bond acceptors (Lipinski definition) is 4. The van der Waals surface area contributed by atoms with Crippen molar-refractivity contribution >= 4 is 7.48 Å². The van der Waals surface area contributed by atoms with Gasteiger partial charge < -0.3 is 9.76 Å². The van der Waals surface area contributed by atoms with E-state index in [0.29, 0.717) is 12.0 Å². The van der Waals surface area contributed by atoms with Crippen LogP contribution in [0.2, 0.25) is 0 Å². The fraction of sp³-hybridized carbons (Fsp3) is 0.571. The van der Waals surface area contributed by atoms with Gasteiger partial charge in [0.25, 0.3) is 0 Å². The summed E-state index contributed by atoms with van der Waals surface area (Å²) in [7, 11) is 1.82. The van der Waals surface area contributed by atoms with Crippen molar-refractivity contribution in [2.75, 3.05) is 19.7 Å². The minimum absolute atomic E-state index is 0.128. The molecule has 0 bridgehead atoms. The maximum atomic E-state index is 9.18. The molecule has 2 N–H and O–H groups in total. The van der Waals surface area contributed by atoms with Crippen molar-refractivity contribution in [1.29, 1.82) is 0 Å². The summed E-state index contributed by atoms with van der Waals surface area (Å²) in [6.45, 7) is 3.31. The number of hydrogen-bond donors (Lipinski definition) is 2. The first kappa shape index (κ1) is 13.1. The Morgan fingerprint density at radius 1 is 1.32 bits per heavy atom. The van der Waals surface area contributed by atoms with E-state index in [2.05, 4.69) is 34.5 Å². The van der Waals surface area contributed by atoms with Crippen LogP contribution < -0.4 is 5.32 Å². The Morgan fingerprint density at radius 3 is 2.79 bits per heavy atom. The third kappa shape index (κ3) is 3.57. The number of aliphatic hydroxyl groups excluding tert-OH is 1. The number of benzene rings is 1. The van der Waals surface area contributed by atoms with Crippen molar-refractivity contribution in [1.82, 2.24) is 10.2 Å². The number of aliphatic hydroxyl groups is 1. The Labute approximate surface area is 115 Å². The summed E-state index contributed by atoms with van der Waals surface area (Å²) in [4.78, 5) is 2.45. The molecule has 0 aliphatic carbocycles. The van der Waals surface area contributed by atoms with Crippen molar-refractivity contribution in [3.8, 4) is 0 Å². The highest BCUT2D eigenvalue weighted by Gasteiger charge is 2.37. The topological polar surface area (TPSA) is 48.0 Å². The molecule has 0 spiro atoms. The normalized spacial score (nSPS) is 30.3. The highest BCUT2D eigenvalue weighted by atomic mass is 16.5. The maximum absolute atomic E-state index is 9.18. The standard InChI is InChI=1S/C14H20BN2O2/c18-7-6-12-9-17(8-11-4-2-1-3-5-11)10-13(12)16-14-15-19-14/h1-5,12-14,16,18H,6-10H2/t12-,13?,14?/m0/s1. The predicted molar refractivity (Wildman–Crippen MR) is 74.5 cm³/mol. The number of nitrogens with zero attached hydrogens (tertiary/aromatic N) is 1. The molecule has 2 saturated heterocycles. The smallest absolute Gasteiger partial charge is 0.342 e. The molecule has 2 heterocycles. The van der Waals surface area contributed by atoms with Gasteiger partial charge >= 0.3 is 7.48 Å². The van der Waals surface area contributed by atoms with Crippen LogP contribution in [0.4, 0.5) is 0 Å². The minimum atomic E-state index is 0.128. The quantitative estimate of drug-likeness (QED) is 0.573. The molecule has 3 rings (SSSR count). The summed E-state index contributed by atoms with van der Waals surface area (Å²) in [6, 6.07) is 11.0. The lowest BCUT2D eigenvalue weighted by Crippen LogP contribution is -2.38. The molecule has 101 valence electrons. The van der Waals surface area contributed by atoms with E-state index in [1.807, 2.05) is 13.5 Å². The molecule has 0 saturated carbocycles. The summed E-state index contributed by atoms with van der Waals surface area (Å²) >= 11 is 0. The van der Waals surface area contributed by atoms with Crippen molar-refractivity contribution in [3.05, 3.63) is 35.9 Å². The average Bonchev–Trinajstić information content (AvgIpc) is 3.15. The Balaban J connectivity index is 1.57. The third-order valence-electron chi connectivity index (χ3n) is 3.92. The Kier molecular flexibility index (Phi) is 4.18. The van der Waals surface area contributed by atoms with Crippen LogP contribution in [0.25, 0.3) is 0 Å². The van der Waals surface area contributed by atoms with Crippen molar-refractivity contribution in [2.45, 2.75) is 25.1 Å². The van der Waals surface area contributed by atoms with Gasteiger partial charge in [-0.05, 0) is 17.9 Å². The largest absolute Gasteiger partial charge is 0.425 e. The van der Waals surface area contributed by atoms with E-state index in [1.165, 1.54) is 5.56 Å². The highest BCUT2D eigenvalue weighted by molar-refractivity contribution is 6.38. The van der Waals surface area contributed by atoms with E-state index < -0.39 is 0 Å². The molecule has 1 radical (unpaired) electrons. The average molecular weight is 259 g/mol. The monoisotopic (exact) mass is 259 g/mol. The van der Waals surface area contributed by atoms with Crippen LogP contribution in [0.1, 0.15) is 12.0 Å². The van der Waals surface area contributed by atoms with E-state index in [9.17, 15) is 5.11 Å². The van der Waals surface area contributed by atoms with Gasteiger partial charge in [0.15, 0.2) is 0 Å². The van der Waals surface area contributed by atoms with Crippen molar-refractivity contribution in [2.24, 2.45) is 5.92 Å². The molecule has 2 aliphatic heterocycles. The molecule has 1 aromatic carbocycles. The van der Waals surface area contributed by atoms with Gasteiger partial charge in [-0.3, -0.25) is 10.2 Å². The van der Waals surface area contributed by atoms with Gasteiger partial charge in [-0.1, -0.05) is 30.3 Å². The number of likely N-dealkylation sites (tertiary alicyclic amines) is 1. The fourth-order valence-electron chi connectivity index (χ4n) is 2.91. The van der Waals surface area contributed by atoms with E-state index in [0.717, 1.165) is 26.1 Å². The first-order valence-corrected chi connectivity index (χ1v) is 6.97. The Hall–Kier alpha value is -0.875. The van der Waals surface area contributed by atoms with Crippen molar-refractivity contribution in [3.63, 3.8) is 0 Å². The zero-order valence-corrected chi connectivity index (χ0v) is 11.0. The van der Waals surface area contributed by atoms with Crippen LogP contribution in [0.3, 0.4) is 0 Å². The van der Waals surface area contributed by atoms with Crippen molar-refractivity contribution < 1.29 is 9.76 Å². The third-order valence-corrected chi connectivity index (χ3v) is 3.92. The molecule has 2 unspecified atom stereocenters. The van der Waals surface area contributed by atoms with E-state index in [1.54, 1.807) is 0 Å². The van der Waals surface area contributed by atoms with E-state index in [4.69, 9.17) is 4.65 Å². The van der Waals surface area contributed by atoms with Crippen LogP contribution in [0.15, 0.2) is 30.3 Å². The molecule has 5 heteroatoms. The lowest BCUT2D eigenvalue weighted by molar-refractivity contribution is 0.236. The second-order valence-corrected chi connectivity index (χ2v) is 5.42. The van der Waals surface area contributed by atoms with Gasteiger partial charge in [-0.15, -0.1) is 0 Å². The highest BCUT2D eigenvalue weighted by Crippen LogP contribution is 2.23. The molecule has 4 nitrogen and oxygen atoms in total. The summed E-state index contributed by atoms with van der Waals surface area (Å²) in [5.74, 6) is 0.506. The first-order chi connectivity index (χ1) is 9.35. The minimum Gasteiger partial charge on any atom is -0.425 e. The number of nitrogens with one attached hydrogen (secondary N) is 1. The van der Waals surface area contributed by atoms with Crippen LogP contribution in [0, 0.1) is 5.92 Å². The summed E-state index contributed by atoms with van der Waals surface area (Å²) in [5, 5.41) is 12.7. The zero-order valence-electron chi connectivity index (χ0n) is 11.0. The molecular formula is C14H20BN2O2. The molecular weight excluding hydrogens is 239 g/mol. The second-order valence-electron chi connectivity index (χ2n) is 5.42. The molecule has 0 amide bonds. The Morgan fingerprint density at radius 2 is 2.11 bits per heavy atom. The molecule has 3 atom stereocenters. The van der Waals surface area contributed by atoms with Gasteiger partial charge in [-0.2, -0.15) is 0 Å². The van der Waals surface area contributed by atoms with Gasteiger partial charge in [0.1, 0.15) is 0 Å². The predicted octanol–water partition coefficient (Wildman–Crippen LogP) is 0.392. The molecule has 19 heavy (non-hydrogen) atoms. The second kappa shape index (κ2) is 6.05. The maximum Gasteiger partial charge on any atom is 0.342 e. The molecule has 1 aromatic rings. The molecule has 2 fully saturated rings. The van der Waals surface area contributed by atoms with E-state index in [-0.39, 0.29) is 12.7 Å². The first-order valence-electron chi connectivity index (χ1n) is 6.97. The lowest BCUT2D eigenvalue weighted by Gasteiger charge is -2.17. The van der Waals surface area contributed by atoms with E-state index >= 15 is 0 Å². The number of rotatable bonds is 6. The summed E-state index contributed by atoms with van der Waals surface area (Å²) in [6.07, 6.45) is 0.984. The van der Waals surface area contributed by atoms with Gasteiger partial charge in [-0.25, -0.2) is 0 Å². The lowest BCUT2D eigenvalue weighted by atomic mass is 9.99. The van der Waals surface area contributed by atoms with Crippen LogP contribution in [0.5, 0.6) is 0 Å². The zero-order chi connectivity index (χ0) is 13.1. The Bertz CT molecular complexity index is 400. The SMILES string of the molecule is OCC[C@H]1CN(Cc2ccccc2)CC1NC1[B]O1. The summed E-state index contributed by atoms with van der Waals surface area (Å²) in [5.41, 5.74) is 1.35. The van der Waals surface area contributed by atoms with Gasteiger partial charge in [0.2, 0.25) is 0 Å². The molecule has 2 aliphatic rings.